The standard InChI is InChI=1S/C43H56O10/c1-42(2,32-12-20-40(21-13-32)52-28-36(48)24-44)30-8-16-38(17-9-30)50-26-34(46)6-5-7-35(47)27-51-39-18-10-31(11-19-39)43(3,4)33-14-22-41(23-15-33)53-29-37(49)25-45/h8-23,34-37,44-49H,5-7,24-29H2,1-4H3. The summed E-state index contributed by atoms with van der Waals surface area (Å²) in [6, 6.07) is 31.0. The van der Waals surface area contributed by atoms with Crippen LogP contribution in [0.25, 0.3) is 0 Å². The van der Waals surface area contributed by atoms with Gasteiger partial charge >= 0.3 is 0 Å². The lowest BCUT2D eigenvalue weighted by Gasteiger charge is -2.26. The molecule has 0 fully saturated rings. The Hall–Kier alpha value is -4.16. The van der Waals surface area contributed by atoms with Crippen LogP contribution in [-0.2, 0) is 10.8 Å². The molecule has 0 heterocycles. The molecule has 0 saturated carbocycles. The molecule has 4 unspecified atom stereocenters. The van der Waals surface area contributed by atoms with E-state index in [0.717, 1.165) is 22.3 Å². The van der Waals surface area contributed by atoms with Crippen LogP contribution < -0.4 is 18.9 Å². The predicted molar refractivity (Wildman–Crippen MR) is 204 cm³/mol. The van der Waals surface area contributed by atoms with Gasteiger partial charge in [0.2, 0.25) is 0 Å². The minimum atomic E-state index is -0.913. The molecule has 0 bridgehead atoms. The number of hydrogen-bond acceptors (Lipinski definition) is 10. The lowest BCUT2D eigenvalue weighted by Crippen LogP contribution is -2.22. The zero-order valence-corrected chi connectivity index (χ0v) is 31.2. The average Bonchev–Trinajstić information content (AvgIpc) is 3.18. The molecule has 10 nitrogen and oxygen atoms in total. The first-order valence-corrected chi connectivity index (χ1v) is 18.2. The summed E-state index contributed by atoms with van der Waals surface area (Å²) in [5.41, 5.74) is 3.80. The van der Waals surface area contributed by atoms with Crippen LogP contribution in [0, 0.1) is 0 Å². The molecule has 0 aliphatic heterocycles. The summed E-state index contributed by atoms with van der Waals surface area (Å²) >= 11 is 0. The maximum Gasteiger partial charge on any atom is 0.119 e. The maximum atomic E-state index is 10.5. The van der Waals surface area contributed by atoms with Crippen LogP contribution >= 0.6 is 0 Å². The molecule has 0 saturated heterocycles. The van der Waals surface area contributed by atoms with E-state index in [1.54, 1.807) is 0 Å². The molecule has 10 heteroatoms. The summed E-state index contributed by atoms with van der Waals surface area (Å²) in [4.78, 5) is 0. The highest BCUT2D eigenvalue weighted by Gasteiger charge is 2.24. The van der Waals surface area contributed by atoms with Crippen LogP contribution in [0.2, 0.25) is 0 Å². The van der Waals surface area contributed by atoms with Gasteiger partial charge in [-0.05, 0) is 90.0 Å². The Morgan fingerprint density at radius 2 is 0.623 bits per heavy atom. The van der Waals surface area contributed by atoms with Gasteiger partial charge in [-0.3, -0.25) is 0 Å². The first-order valence-electron chi connectivity index (χ1n) is 18.2. The van der Waals surface area contributed by atoms with E-state index in [9.17, 15) is 20.4 Å². The second-order valence-corrected chi connectivity index (χ2v) is 14.5. The summed E-state index contributed by atoms with van der Waals surface area (Å²) in [6.07, 6.45) is -1.57. The van der Waals surface area contributed by atoms with Crippen LogP contribution in [0.5, 0.6) is 23.0 Å². The molecule has 0 aliphatic carbocycles. The van der Waals surface area contributed by atoms with E-state index in [0.29, 0.717) is 42.3 Å². The van der Waals surface area contributed by atoms with Crippen molar-refractivity contribution in [1.82, 2.24) is 0 Å². The molecular formula is C43H56O10. The van der Waals surface area contributed by atoms with E-state index in [-0.39, 0.29) is 50.5 Å². The minimum absolute atomic E-state index is 0.0290. The SMILES string of the molecule is CC(C)(c1ccc(OCC(O)CO)cc1)c1ccc(OCC(O)CCCC(O)COc2ccc(C(C)(C)c3ccc(OCC(O)CO)cc3)cc2)cc1. The van der Waals surface area contributed by atoms with Gasteiger partial charge in [-0.15, -0.1) is 0 Å². The summed E-state index contributed by atoms with van der Waals surface area (Å²) in [7, 11) is 0. The first kappa shape index (κ1) is 41.6. The van der Waals surface area contributed by atoms with Crippen molar-refractivity contribution in [1.29, 1.82) is 0 Å². The predicted octanol–water partition coefficient (Wildman–Crippen LogP) is 5.15. The van der Waals surface area contributed by atoms with E-state index in [1.807, 2.05) is 97.1 Å². The fraction of sp³-hybridized carbons (Fsp3) is 0.442. The van der Waals surface area contributed by atoms with Crippen molar-refractivity contribution in [2.24, 2.45) is 0 Å². The molecule has 6 N–H and O–H groups in total. The van der Waals surface area contributed by atoms with Gasteiger partial charge in [-0.1, -0.05) is 76.2 Å². The monoisotopic (exact) mass is 732 g/mol. The lowest BCUT2D eigenvalue weighted by atomic mass is 9.78. The fourth-order valence-corrected chi connectivity index (χ4v) is 5.84. The van der Waals surface area contributed by atoms with Gasteiger partial charge < -0.3 is 49.6 Å². The van der Waals surface area contributed by atoms with Crippen molar-refractivity contribution in [3.8, 4) is 23.0 Å². The number of hydrogen-bond donors (Lipinski definition) is 6. The molecule has 53 heavy (non-hydrogen) atoms. The Balaban J connectivity index is 1.15. The van der Waals surface area contributed by atoms with Crippen molar-refractivity contribution < 1.29 is 49.6 Å². The normalized spacial score (nSPS) is 14.2. The number of aliphatic hydroxyl groups is 6. The highest BCUT2D eigenvalue weighted by Crippen LogP contribution is 2.35. The van der Waals surface area contributed by atoms with Crippen molar-refractivity contribution in [3.63, 3.8) is 0 Å². The third-order valence-electron chi connectivity index (χ3n) is 9.57. The highest BCUT2D eigenvalue weighted by molar-refractivity contribution is 5.43. The van der Waals surface area contributed by atoms with Gasteiger partial charge in [0.1, 0.15) is 61.6 Å². The minimum Gasteiger partial charge on any atom is -0.491 e. The summed E-state index contributed by atoms with van der Waals surface area (Å²) < 4.78 is 22.7. The van der Waals surface area contributed by atoms with Gasteiger partial charge in [0.05, 0.1) is 25.4 Å². The van der Waals surface area contributed by atoms with Crippen LogP contribution in [0.4, 0.5) is 0 Å². The molecule has 0 aromatic heterocycles. The van der Waals surface area contributed by atoms with Crippen LogP contribution in [0.1, 0.15) is 69.2 Å². The van der Waals surface area contributed by atoms with Crippen LogP contribution in [0.15, 0.2) is 97.1 Å². The Kier molecular flexibility index (Phi) is 15.5. The lowest BCUT2D eigenvalue weighted by molar-refractivity contribution is 0.0536. The number of ether oxygens (including phenoxy) is 4. The van der Waals surface area contributed by atoms with E-state index < -0.39 is 24.4 Å². The summed E-state index contributed by atoms with van der Waals surface area (Å²) in [5.74, 6) is 2.57. The zero-order chi connectivity index (χ0) is 38.4. The Morgan fingerprint density at radius 3 is 0.849 bits per heavy atom. The molecular weight excluding hydrogens is 676 g/mol. The third-order valence-corrected chi connectivity index (χ3v) is 9.57. The largest absolute Gasteiger partial charge is 0.491 e. The number of aliphatic hydroxyl groups excluding tert-OH is 6. The molecule has 0 spiro atoms. The quantitative estimate of drug-likeness (QED) is 0.0639. The second-order valence-electron chi connectivity index (χ2n) is 14.5. The average molecular weight is 733 g/mol. The molecule has 4 rings (SSSR count). The second kappa shape index (κ2) is 19.8. The molecule has 288 valence electrons. The fourth-order valence-electron chi connectivity index (χ4n) is 5.84. The Labute approximate surface area is 313 Å². The third kappa shape index (κ3) is 12.5. The van der Waals surface area contributed by atoms with Crippen molar-refractivity contribution in [3.05, 3.63) is 119 Å². The molecule has 4 aromatic rings. The van der Waals surface area contributed by atoms with E-state index in [1.165, 1.54) is 0 Å². The first-order chi connectivity index (χ1) is 25.3. The topological polar surface area (TPSA) is 158 Å². The highest BCUT2D eigenvalue weighted by atomic mass is 16.5. The van der Waals surface area contributed by atoms with E-state index in [2.05, 4.69) is 27.7 Å². The Bertz CT molecular complexity index is 1500. The maximum absolute atomic E-state index is 10.5. The smallest absolute Gasteiger partial charge is 0.119 e. The van der Waals surface area contributed by atoms with Gasteiger partial charge in [0.25, 0.3) is 0 Å². The van der Waals surface area contributed by atoms with Gasteiger partial charge in [0, 0.05) is 10.8 Å². The Morgan fingerprint density at radius 1 is 0.396 bits per heavy atom. The van der Waals surface area contributed by atoms with Crippen molar-refractivity contribution in [2.75, 3.05) is 39.6 Å². The summed E-state index contributed by atoms with van der Waals surface area (Å²) in [5, 5.41) is 57.9. The van der Waals surface area contributed by atoms with Gasteiger partial charge in [-0.2, -0.15) is 0 Å². The van der Waals surface area contributed by atoms with E-state index >= 15 is 0 Å². The van der Waals surface area contributed by atoms with Crippen LogP contribution in [0.3, 0.4) is 0 Å². The van der Waals surface area contributed by atoms with Crippen molar-refractivity contribution >= 4 is 0 Å². The zero-order valence-electron chi connectivity index (χ0n) is 31.2. The van der Waals surface area contributed by atoms with Crippen molar-refractivity contribution in [2.45, 2.75) is 82.2 Å². The molecule has 0 aliphatic rings. The van der Waals surface area contributed by atoms with Crippen LogP contribution in [-0.4, -0.2) is 94.7 Å². The van der Waals surface area contributed by atoms with Gasteiger partial charge in [-0.25, -0.2) is 0 Å². The number of benzene rings is 4. The number of rotatable bonds is 22. The van der Waals surface area contributed by atoms with Gasteiger partial charge in [0.15, 0.2) is 0 Å². The van der Waals surface area contributed by atoms with E-state index in [4.69, 9.17) is 29.2 Å². The summed E-state index contributed by atoms with van der Waals surface area (Å²) in [6.45, 7) is 8.19. The molecule has 0 radical (unpaired) electrons. The molecule has 4 aromatic carbocycles. The molecule has 4 atom stereocenters. The molecule has 0 amide bonds.